The van der Waals surface area contributed by atoms with Crippen molar-refractivity contribution in [2.75, 3.05) is 13.2 Å². The molecule has 0 bridgehead atoms. The van der Waals surface area contributed by atoms with Crippen molar-refractivity contribution >= 4 is 0 Å². The number of rotatable bonds is 9. The van der Waals surface area contributed by atoms with Gasteiger partial charge in [-0.25, -0.2) is 0 Å². The zero-order chi connectivity index (χ0) is 22.2. The van der Waals surface area contributed by atoms with Crippen LogP contribution in [-0.2, 0) is 25.9 Å². The summed E-state index contributed by atoms with van der Waals surface area (Å²) in [5, 5.41) is 13.7. The van der Waals surface area contributed by atoms with E-state index in [4.69, 9.17) is 10.5 Å². The molecule has 0 aromatic heterocycles. The normalized spacial score (nSPS) is 16.8. The highest BCUT2D eigenvalue weighted by atomic mass is 16.5. The summed E-state index contributed by atoms with van der Waals surface area (Å²) in [5.74, 6) is 1.29. The van der Waals surface area contributed by atoms with Gasteiger partial charge in [0.05, 0.1) is 0 Å². The molecular weight excluding hydrogens is 396 g/mol. The number of benzene rings is 3. The maximum atomic E-state index is 10.3. The van der Waals surface area contributed by atoms with Crippen molar-refractivity contribution in [1.29, 1.82) is 0 Å². The maximum absolute atomic E-state index is 10.3. The van der Waals surface area contributed by atoms with E-state index in [-0.39, 0.29) is 6.61 Å². The molecule has 0 heterocycles. The molecule has 3 aromatic rings. The standard InChI is InChI=1S/C28H34N2O2/c29-17-21-13-14-22-8-6-9-23(16-25(22)15-21)28-12-5-4-7-24(28)18-30-19-26(31)20-32-27-10-2-1-3-11-27/h1-5,7,10-15,23,26,30-31H,6,8-9,16-20,29H2. The van der Waals surface area contributed by atoms with Crippen LogP contribution in [-0.4, -0.2) is 24.4 Å². The zero-order valence-corrected chi connectivity index (χ0v) is 18.7. The quantitative estimate of drug-likeness (QED) is 0.442. The molecule has 2 atom stereocenters. The Kier molecular flexibility index (Phi) is 7.94. The summed E-state index contributed by atoms with van der Waals surface area (Å²) < 4.78 is 5.66. The summed E-state index contributed by atoms with van der Waals surface area (Å²) >= 11 is 0. The molecule has 4 heteroatoms. The number of aliphatic hydroxyl groups is 1. The number of aliphatic hydroxyl groups excluding tert-OH is 1. The first-order valence-electron chi connectivity index (χ1n) is 11.7. The van der Waals surface area contributed by atoms with Gasteiger partial charge in [-0.3, -0.25) is 0 Å². The van der Waals surface area contributed by atoms with Gasteiger partial charge in [-0.15, -0.1) is 0 Å². The largest absolute Gasteiger partial charge is 0.491 e. The molecule has 168 valence electrons. The second-order valence-electron chi connectivity index (χ2n) is 8.71. The molecule has 0 saturated heterocycles. The first-order valence-corrected chi connectivity index (χ1v) is 11.7. The number of hydrogen-bond donors (Lipinski definition) is 3. The third-order valence-corrected chi connectivity index (χ3v) is 6.35. The van der Waals surface area contributed by atoms with Gasteiger partial charge in [-0.2, -0.15) is 0 Å². The number of aryl methyl sites for hydroxylation is 1. The number of nitrogens with two attached hydrogens (primary N) is 1. The van der Waals surface area contributed by atoms with Crippen LogP contribution in [0.15, 0.2) is 72.8 Å². The van der Waals surface area contributed by atoms with E-state index in [1.54, 1.807) is 0 Å². The zero-order valence-electron chi connectivity index (χ0n) is 18.7. The summed E-state index contributed by atoms with van der Waals surface area (Å²) in [6.45, 7) is 2.11. The molecule has 2 unspecified atom stereocenters. The Bertz CT molecular complexity index is 990. The van der Waals surface area contributed by atoms with Gasteiger partial charge in [0.25, 0.3) is 0 Å². The minimum atomic E-state index is -0.554. The Balaban J connectivity index is 1.36. The van der Waals surface area contributed by atoms with Crippen LogP contribution in [0.25, 0.3) is 0 Å². The second kappa shape index (κ2) is 11.3. The summed E-state index contributed by atoms with van der Waals surface area (Å²) in [6, 6.07) is 25.1. The Labute approximate surface area is 191 Å². The van der Waals surface area contributed by atoms with E-state index >= 15 is 0 Å². The van der Waals surface area contributed by atoms with Crippen LogP contribution >= 0.6 is 0 Å². The van der Waals surface area contributed by atoms with Crippen LogP contribution in [0.4, 0.5) is 0 Å². The lowest BCUT2D eigenvalue weighted by atomic mass is 9.86. The third-order valence-electron chi connectivity index (χ3n) is 6.35. The maximum Gasteiger partial charge on any atom is 0.119 e. The highest BCUT2D eigenvalue weighted by molar-refractivity contribution is 5.38. The summed E-state index contributed by atoms with van der Waals surface area (Å²) in [7, 11) is 0. The van der Waals surface area contributed by atoms with Crippen molar-refractivity contribution in [1.82, 2.24) is 5.32 Å². The van der Waals surface area contributed by atoms with Gasteiger partial charge in [-0.1, -0.05) is 60.7 Å². The Morgan fingerprint density at radius 2 is 1.81 bits per heavy atom. The number of fused-ring (bicyclic) bond motifs is 1. The fraction of sp³-hybridized carbons (Fsp3) is 0.357. The summed E-state index contributed by atoms with van der Waals surface area (Å²) in [6.07, 6.45) is 4.05. The fourth-order valence-electron chi connectivity index (χ4n) is 4.65. The Morgan fingerprint density at radius 1 is 1.00 bits per heavy atom. The Morgan fingerprint density at radius 3 is 2.66 bits per heavy atom. The van der Waals surface area contributed by atoms with Gasteiger partial charge in [0.1, 0.15) is 18.5 Å². The van der Waals surface area contributed by atoms with Gasteiger partial charge >= 0.3 is 0 Å². The van der Waals surface area contributed by atoms with Crippen LogP contribution in [0.2, 0.25) is 0 Å². The highest BCUT2D eigenvalue weighted by Gasteiger charge is 2.20. The van der Waals surface area contributed by atoms with E-state index in [2.05, 4.69) is 47.8 Å². The van der Waals surface area contributed by atoms with Crippen molar-refractivity contribution < 1.29 is 9.84 Å². The van der Waals surface area contributed by atoms with Gasteiger partial charge in [0, 0.05) is 19.6 Å². The molecule has 1 aliphatic rings. The average Bonchev–Trinajstić information content (AvgIpc) is 3.05. The van der Waals surface area contributed by atoms with Crippen LogP contribution < -0.4 is 15.8 Å². The predicted molar refractivity (Wildman–Crippen MR) is 130 cm³/mol. The van der Waals surface area contributed by atoms with Gasteiger partial charge in [0.2, 0.25) is 0 Å². The van der Waals surface area contributed by atoms with E-state index in [0.29, 0.717) is 19.0 Å². The minimum absolute atomic E-state index is 0.279. The van der Waals surface area contributed by atoms with E-state index < -0.39 is 6.10 Å². The van der Waals surface area contributed by atoms with E-state index in [1.807, 2.05) is 30.3 Å². The molecule has 0 aliphatic heterocycles. The van der Waals surface area contributed by atoms with Gasteiger partial charge in [-0.05, 0) is 71.6 Å². The topological polar surface area (TPSA) is 67.5 Å². The van der Waals surface area contributed by atoms with Crippen molar-refractivity contribution in [2.45, 2.75) is 50.8 Å². The molecule has 0 radical (unpaired) electrons. The molecule has 32 heavy (non-hydrogen) atoms. The minimum Gasteiger partial charge on any atom is -0.491 e. The van der Waals surface area contributed by atoms with Crippen molar-refractivity contribution in [3.05, 3.63) is 101 Å². The fourth-order valence-corrected chi connectivity index (χ4v) is 4.65. The molecule has 1 aliphatic carbocycles. The number of nitrogens with one attached hydrogen (secondary N) is 1. The first-order chi connectivity index (χ1) is 15.7. The van der Waals surface area contributed by atoms with Gasteiger partial charge in [0.15, 0.2) is 0 Å². The SMILES string of the molecule is NCc1ccc2c(c1)CC(c1ccccc1CNCC(O)COc1ccccc1)CCC2. The van der Waals surface area contributed by atoms with Crippen LogP contribution in [0, 0.1) is 0 Å². The number of ether oxygens (including phenoxy) is 1. The summed E-state index contributed by atoms with van der Waals surface area (Å²) in [5.41, 5.74) is 12.8. The Hall–Kier alpha value is -2.66. The predicted octanol–water partition coefficient (Wildman–Crippen LogP) is 4.34. The lowest BCUT2D eigenvalue weighted by Crippen LogP contribution is -2.31. The van der Waals surface area contributed by atoms with Crippen molar-refractivity contribution in [3.63, 3.8) is 0 Å². The van der Waals surface area contributed by atoms with Crippen molar-refractivity contribution in [3.8, 4) is 5.75 Å². The van der Waals surface area contributed by atoms with Crippen LogP contribution in [0.5, 0.6) is 5.75 Å². The first kappa shape index (κ1) is 22.5. The smallest absolute Gasteiger partial charge is 0.119 e. The van der Waals surface area contributed by atoms with Crippen LogP contribution in [0.1, 0.15) is 46.6 Å². The van der Waals surface area contributed by atoms with E-state index in [9.17, 15) is 5.11 Å². The molecule has 4 nitrogen and oxygen atoms in total. The van der Waals surface area contributed by atoms with E-state index in [1.165, 1.54) is 40.7 Å². The molecule has 0 fully saturated rings. The van der Waals surface area contributed by atoms with Gasteiger partial charge < -0.3 is 20.9 Å². The highest BCUT2D eigenvalue weighted by Crippen LogP contribution is 2.33. The summed E-state index contributed by atoms with van der Waals surface area (Å²) in [4.78, 5) is 0. The molecule has 3 aromatic carbocycles. The molecule has 4 rings (SSSR count). The molecule has 4 N–H and O–H groups in total. The van der Waals surface area contributed by atoms with Crippen molar-refractivity contribution in [2.24, 2.45) is 5.73 Å². The van der Waals surface area contributed by atoms with E-state index in [0.717, 1.165) is 25.1 Å². The second-order valence-corrected chi connectivity index (χ2v) is 8.71. The lowest BCUT2D eigenvalue weighted by Gasteiger charge is -2.20. The molecule has 0 amide bonds. The number of hydrogen-bond acceptors (Lipinski definition) is 4. The number of para-hydroxylation sites is 1. The lowest BCUT2D eigenvalue weighted by molar-refractivity contribution is 0.106. The average molecular weight is 431 g/mol. The monoisotopic (exact) mass is 430 g/mol. The molecule has 0 spiro atoms. The van der Waals surface area contributed by atoms with Crippen LogP contribution in [0.3, 0.4) is 0 Å². The molecule has 0 saturated carbocycles. The third kappa shape index (κ3) is 5.98. The molecular formula is C28H34N2O2.